The van der Waals surface area contributed by atoms with E-state index >= 15 is 0 Å². The first-order chi connectivity index (χ1) is 14.4. The van der Waals surface area contributed by atoms with Crippen LogP contribution in [0.1, 0.15) is 44.7 Å². The van der Waals surface area contributed by atoms with Crippen molar-refractivity contribution in [1.29, 1.82) is 0 Å². The Morgan fingerprint density at radius 1 is 1.07 bits per heavy atom. The highest BCUT2D eigenvalue weighted by Gasteiger charge is 2.20. The smallest absolute Gasteiger partial charge is 0.200 e. The standard InChI is InChI=1S/C25H30N2O3/c1-25(2,3)20-10-7-18(8-11-20)17-27-21(13-14-26-27)19-9-12-22(28-4)23(16-19)30-24-6-5-15-29-24/h7-14,16,24H,5-6,15,17H2,1-4H3. The van der Waals surface area contributed by atoms with Crippen molar-refractivity contribution in [2.75, 3.05) is 13.7 Å². The number of ether oxygens (including phenoxy) is 3. The maximum Gasteiger partial charge on any atom is 0.200 e. The third-order valence-corrected chi connectivity index (χ3v) is 5.47. The van der Waals surface area contributed by atoms with Crippen molar-refractivity contribution < 1.29 is 14.2 Å². The third-order valence-electron chi connectivity index (χ3n) is 5.47. The van der Waals surface area contributed by atoms with Gasteiger partial charge in [-0.1, -0.05) is 45.0 Å². The molecule has 0 N–H and O–H groups in total. The minimum Gasteiger partial charge on any atom is -0.493 e. The molecule has 1 aliphatic rings. The van der Waals surface area contributed by atoms with E-state index in [9.17, 15) is 0 Å². The summed E-state index contributed by atoms with van der Waals surface area (Å²) < 4.78 is 19.2. The Labute approximate surface area is 178 Å². The molecule has 0 amide bonds. The first kappa shape index (κ1) is 20.5. The zero-order chi connectivity index (χ0) is 21.1. The second kappa shape index (κ2) is 8.52. The van der Waals surface area contributed by atoms with Gasteiger partial charge in [-0.3, -0.25) is 4.68 Å². The van der Waals surface area contributed by atoms with Crippen molar-refractivity contribution in [2.45, 2.75) is 51.9 Å². The van der Waals surface area contributed by atoms with E-state index in [1.54, 1.807) is 7.11 Å². The molecule has 1 aliphatic heterocycles. The zero-order valence-corrected chi connectivity index (χ0v) is 18.2. The fourth-order valence-corrected chi connectivity index (χ4v) is 3.70. The highest BCUT2D eigenvalue weighted by Crippen LogP contribution is 2.34. The molecule has 1 fully saturated rings. The first-order valence-corrected chi connectivity index (χ1v) is 10.5. The Hall–Kier alpha value is -2.79. The van der Waals surface area contributed by atoms with Crippen LogP contribution in [0.5, 0.6) is 11.5 Å². The number of hydrogen-bond acceptors (Lipinski definition) is 4. The summed E-state index contributed by atoms with van der Waals surface area (Å²) in [6.07, 6.45) is 3.55. The minimum atomic E-state index is -0.208. The van der Waals surface area contributed by atoms with Crippen molar-refractivity contribution in [3.8, 4) is 22.8 Å². The summed E-state index contributed by atoms with van der Waals surface area (Å²) in [6, 6.07) is 16.8. The molecule has 0 bridgehead atoms. The second-order valence-electron chi connectivity index (χ2n) is 8.75. The normalized spacial score (nSPS) is 16.6. The SMILES string of the molecule is COc1ccc(-c2ccnn2Cc2ccc(C(C)(C)C)cc2)cc1OC1CCCO1. The van der Waals surface area contributed by atoms with E-state index in [2.05, 4.69) is 50.1 Å². The van der Waals surface area contributed by atoms with Crippen LogP contribution in [0.4, 0.5) is 0 Å². The fourth-order valence-electron chi connectivity index (χ4n) is 3.70. The Morgan fingerprint density at radius 2 is 1.87 bits per heavy atom. The molecule has 2 heterocycles. The van der Waals surface area contributed by atoms with Gasteiger partial charge in [0.1, 0.15) is 0 Å². The molecule has 5 nitrogen and oxygen atoms in total. The van der Waals surface area contributed by atoms with E-state index in [1.165, 1.54) is 11.1 Å². The average molecular weight is 407 g/mol. The lowest BCUT2D eigenvalue weighted by Crippen LogP contribution is -2.14. The fraction of sp³-hybridized carbons (Fsp3) is 0.400. The first-order valence-electron chi connectivity index (χ1n) is 10.5. The molecular formula is C25H30N2O3. The van der Waals surface area contributed by atoms with Crippen LogP contribution < -0.4 is 9.47 Å². The molecule has 1 saturated heterocycles. The van der Waals surface area contributed by atoms with Gasteiger partial charge in [0, 0.05) is 18.2 Å². The number of aromatic nitrogens is 2. The number of methoxy groups -OCH3 is 1. The Kier molecular flexibility index (Phi) is 5.82. The van der Waals surface area contributed by atoms with Crippen molar-refractivity contribution in [3.05, 3.63) is 65.9 Å². The lowest BCUT2D eigenvalue weighted by atomic mass is 9.87. The van der Waals surface area contributed by atoms with Crippen LogP contribution in [0.3, 0.4) is 0 Å². The molecule has 5 heteroatoms. The van der Waals surface area contributed by atoms with Crippen LogP contribution in [-0.4, -0.2) is 29.8 Å². The highest BCUT2D eigenvalue weighted by atomic mass is 16.7. The van der Waals surface area contributed by atoms with Gasteiger partial charge in [-0.15, -0.1) is 0 Å². The predicted octanol–water partition coefficient (Wildman–Crippen LogP) is 5.42. The van der Waals surface area contributed by atoms with Crippen LogP contribution >= 0.6 is 0 Å². The van der Waals surface area contributed by atoms with Gasteiger partial charge in [0.15, 0.2) is 17.8 Å². The van der Waals surface area contributed by atoms with Crippen LogP contribution in [0.2, 0.25) is 0 Å². The predicted molar refractivity (Wildman–Crippen MR) is 118 cm³/mol. The zero-order valence-electron chi connectivity index (χ0n) is 18.2. The molecule has 1 unspecified atom stereocenters. The summed E-state index contributed by atoms with van der Waals surface area (Å²) in [6.45, 7) is 8.14. The third kappa shape index (κ3) is 4.51. The summed E-state index contributed by atoms with van der Waals surface area (Å²) in [5.41, 5.74) is 4.77. The van der Waals surface area contributed by atoms with Crippen LogP contribution in [0.25, 0.3) is 11.3 Å². The molecule has 2 aromatic carbocycles. The minimum absolute atomic E-state index is 0.151. The molecule has 3 aromatic rings. The molecular weight excluding hydrogens is 376 g/mol. The molecule has 1 atom stereocenters. The van der Waals surface area contributed by atoms with Gasteiger partial charge in [-0.2, -0.15) is 5.10 Å². The van der Waals surface area contributed by atoms with Crippen molar-refractivity contribution >= 4 is 0 Å². The van der Waals surface area contributed by atoms with Crippen molar-refractivity contribution in [2.24, 2.45) is 0 Å². The molecule has 0 aliphatic carbocycles. The lowest BCUT2D eigenvalue weighted by Gasteiger charge is -2.19. The van der Waals surface area contributed by atoms with Gasteiger partial charge < -0.3 is 14.2 Å². The molecule has 0 radical (unpaired) electrons. The monoisotopic (exact) mass is 406 g/mol. The Morgan fingerprint density at radius 3 is 2.53 bits per heavy atom. The number of benzene rings is 2. The molecule has 30 heavy (non-hydrogen) atoms. The summed E-state index contributed by atoms with van der Waals surface area (Å²) in [7, 11) is 1.66. The quantitative estimate of drug-likeness (QED) is 0.548. The number of rotatable bonds is 6. The largest absolute Gasteiger partial charge is 0.493 e. The van der Waals surface area contributed by atoms with Crippen molar-refractivity contribution in [3.63, 3.8) is 0 Å². The Bertz CT molecular complexity index is 980. The van der Waals surface area contributed by atoms with Gasteiger partial charge in [-0.05, 0) is 47.2 Å². The Balaban J connectivity index is 1.58. The summed E-state index contributed by atoms with van der Waals surface area (Å²) in [5, 5.41) is 4.55. The number of hydrogen-bond donors (Lipinski definition) is 0. The van der Waals surface area contributed by atoms with E-state index in [-0.39, 0.29) is 11.7 Å². The molecule has 4 rings (SSSR count). The van der Waals surface area contributed by atoms with Crippen molar-refractivity contribution in [1.82, 2.24) is 9.78 Å². The number of nitrogens with zero attached hydrogens (tertiary/aromatic N) is 2. The molecule has 158 valence electrons. The van der Waals surface area contributed by atoms with E-state index < -0.39 is 0 Å². The summed E-state index contributed by atoms with van der Waals surface area (Å²) >= 11 is 0. The van der Waals surface area contributed by atoms with E-state index in [1.807, 2.05) is 35.1 Å². The van der Waals surface area contributed by atoms with Crippen LogP contribution in [-0.2, 0) is 16.7 Å². The summed E-state index contributed by atoms with van der Waals surface area (Å²) in [4.78, 5) is 0. The van der Waals surface area contributed by atoms with E-state index in [4.69, 9.17) is 14.2 Å². The second-order valence-corrected chi connectivity index (χ2v) is 8.75. The van der Waals surface area contributed by atoms with E-state index in [0.29, 0.717) is 18.0 Å². The van der Waals surface area contributed by atoms with Gasteiger partial charge in [0.25, 0.3) is 0 Å². The van der Waals surface area contributed by atoms with Gasteiger partial charge in [0.2, 0.25) is 0 Å². The van der Waals surface area contributed by atoms with Gasteiger partial charge in [-0.25, -0.2) is 0 Å². The van der Waals surface area contributed by atoms with Gasteiger partial charge >= 0.3 is 0 Å². The maximum atomic E-state index is 6.06. The topological polar surface area (TPSA) is 45.5 Å². The lowest BCUT2D eigenvalue weighted by molar-refractivity contribution is -0.0402. The average Bonchev–Trinajstić information content (AvgIpc) is 3.40. The maximum absolute atomic E-state index is 6.06. The van der Waals surface area contributed by atoms with Gasteiger partial charge in [0.05, 0.1) is 26.0 Å². The van der Waals surface area contributed by atoms with E-state index in [0.717, 1.165) is 30.7 Å². The summed E-state index contributed by atoms with van der Waals surface area (Å²) in [5.74, 6) is 1.40. The molecule has 0 saturated carbocycles. The molecule has 0 spiro atoms. The van der Waals surface area contributed by atoms with Crippen LogP contribution in [0.15, 0.2) is 54.7 Å². The molecule has 1 aromatic heterocycles. The van der Waals surface area contributed by atoms with Crippen LogP contribution in [0, 0.1) is 0 Å². The highest BCUT2D eigenvalue weighted by molar-refractivity contribution is 5.64.